The molecular weight excluding hydrogens is 1020 g/mol. The molecule has 0 heterocycles. The van der Waals surface area contributed by atoms with E-state index in [0.29, 0.717) is 25.9 Å². The van der Waals surface area contributed by atoms with Gasteiger partial charge in [-0.3, -0.25) is 9.59 Å². The molecule has 0 aliphatic heterocycles. The zero-order valence-corrected chi connectivity index (χ0v) is 56.5. The number of carbonyl (C=O) groups excluding carboxylic acids is 2. The van der Waals surface area contributed by atoms with Crippen LogP contribution in [0.4, 0.5) is 0 Å². The zero-order valence-electron chi connectivity index (χ0n) is 56.5. The summed E-state index contributed by atoms with van der Waals surface area (Å²) in [5, 5.41) is 23.4. The molecule has 0 spiro atoms. The molecule has 0 aromatic heterocycles. The lowest BCUT2D eigenvalue weighted by Crippen LogP contribution is -2.45. The van der Waals surface area contributed by atoms with E-state index in [4.69, 9.17) is 4.74 Å². The number of amides is 1. The van der Waals surface area contributed by atoms with Crippen LogP contribution >= 0.6 is 0 Å². The van der Waals surface area contributed by atoms with Gasteiger partial charge in [0.25, 0.3) is 0 Å². The summed E-state index contributed by atoms with van der Waals surface area (Å²) in [7, 11) is 0. The van der Waals surface area contributed by atoms with Crippen molar-refractivity contribution in [3.8, 4) is 0 Å². The van der Waals surface area contributed by atoms with Gasteiger partial charge in [0.2, 0.25) is 5.91 Å². The van der Waals surface area contributed by atoms with E-state index in [9.17, 15) is 19.8 Å². The number of carbonyl (C=O) groups is 2. The van der Waals surface area contributed by atoms with Crippen molar-refractivity contribution in [3.63, 3.8) is 0 Å². The van der Waals surface area contributed by atoms with Gasteiger partial charge in [0, 0.05) is 12.8 Å². The van der Waals surface area contributed by atoms with Gasteiger partial charge in [-0.15, -0.1) is 0 Å². The summed E-state index contributed by atoms with van der Waals surface area (Å²) < 4.78 is 5.48. The number of aliphatic hydroxyl groups excluding tert-OH is 2. The van der Waals surface area contributed by atoms with Gasteiger partial charge >= 0.3 is 5.97 Å². The monoisotopic (exact) mass is 1170 g/mol. The van der Waals surface area contributed by atoms with Crippen molar-refractivity contribution in [2.75, 3.05) is 13.2 Å². The van der Waals surface area contributed by atoms with Gasteiger partial charge in [0.1, 0.15) is 0 Å². The Hall–Kier alpha value is -1.66. The van der Waals surface area contributed by atoms with Crippen molar-refractivity contribution < 1.29 is 24.5 Å². The molecule has 6 nitrogen and oxygen atoms in total. The lowest BCUT2D eigenvalue weighted by molar-refractivity contribution is -0.143. The van der Waals surface area contributed by atoms with Crippen molar-refractivity contribution in [3.05, 3.63) is 24.3 Å². The molecule has 0 aliphatic carbocycles. The molecule has 83 heavy (non-hydrogen) atoms. The minimum Gasteiger partial charge on any atom is -0.466 e. The van der Waals surface area contributed by atoms with Crippen LogP contribution in [0.5, 0.6) is 0 Å². The lowest BCUT2D eigenvalue weighted by Gasteiger charge is -2.22. The number of esters is 1. The van der Waals surface area contributed by atoms with Crippen LogP contribution in [-0.4, -0.2) is 47.4 Å². The topological polar surface area (TPSA) is 95.9 Å². The number of nitrogens with one attached hydrogen (secondary N) is 1. The maximum Gasteiger partial charge on any atom is 0.305 e. The highest BCUT2D eigenvalue weighted by Gasteiger charge is 2.20. The second kappa shape index (κ2) is 72.8. The highest BCUT2D eigenvalue weighted by atomic mass is 16.5. The summed E-state index contributed by atoms with van der Waals surface area (Å²) in [6.07, 6.45) is 92.6. The molecule has 2 atom stereocenters. The van der Waals surface area contributed by atoms with E-state index in [0.717, 1.165) is 44.9 Å². The third-order valence-electron chi connectivity index (χ3n) is 18.0. The number of ether oxygens (including phenoxy) is 1. The van der Waals surface area contributed by atoms with Crippen LogP contribution in [0.3, 0.4) is 0 Å². The standard InChI is InChI=1S/C77H149NO5/c1-3-5-7-9-11-13-15-17-18-40-43-46-49-53-57-61-65-69-75(80)74(73-79)78-76(81)70-66-62-58-54-50-47-44-41-38-36-34-32-30-28-26-24-22-20-19-21-23-25-27-29-31-33-35-37-39-42-45-48-52-56-60-64-68-72-83-77(82)71-67-63-59-55-51-16-14-12-10-8-6-4-2/h19,21,25,27,74-75,79-80H,3-18,20,22-24,26,28-73H2,1-2H3,(H,78,81)/b21-19-,27-25-. The van der Waals surface area contributed by atoms with Gasteiger partial charge < -0.3 is 20.3 Å². The van der Waals surface area contributed by atoms with Crippen molar-refractivity contribution >= 4 is 11.9 Å². The summed E-state index contributed by atoms with van der Waals surface area (Å²) in [5.74, 6) is -0.00798. The Kier molecular flexibility index (Phi) is 71.4. The molecule has 6 heteroatoms. The quantitative estimate of drug-likeness (QED) is 0.0320. The summed E-state index contributed by atoms with van der Waals surface area (Å²) in [4.78, 5) is 24.6. The first-order valence-corrected chi connectivity index (χ1v) is 38.1. The summed E-state index contributed by atoms with van der Waals surface area (Å²) in [6, 6.07) is -0.539. The molecule has 1 amide bonds. The first-order chi connectivity index (χ1) is 41.0. The first kappa shape index (κ1) is 81.3. The van der Waals surface area contributed by atoms with Crippen LogP contribution in [0.2, 0.25) is 0 Å². The SMILES string of the molecule is CCCCCCCCCCCCCCCCCCCC(O)C(CO)NC(=O)CCCCCCCCCCCCCCCCCCC/C=C\C/C=C\CCCCCCCCCCCCCCCOC(=O)CCCCCCCCCCCCCC. The molecule has 0 aliphatic rings. The second-order valence-electron chi connectivity index (χ2n) is 26.3. The van der Waals surface area contributed by atoms with E-state index in [-0.39, 0.29) is 18.5 Å². The molecule has 2 unspecified atom stereocenters. The number of hydrogen-bond acceptors (Lipinski definition) is 5. The van der Waals surface area contributed by atoms with Gasteiger partial charge in [-0.2, -0.15) is 0 Å². The average Bonchev–Trinajstić information content (AvgIpc) is 3.49. The predicted molar refractivity (Wildman–Crippen MR) is 366 cm³/mol. The lowest BCUT2D eigenvalue weighted by atomic mass is 10.0. The van der Waals surface area contributed by atoms with Gasteiger partial charge in [-0.25, -0.2) is 0 Å². The van der Waals surface area contributed by atoms with Gasteiger partial charge in [-0.05, 0) is 57.8 Å². The third-order valence-corrected chi connectivity index (χ3v) is 18.0. The Bertz CT molecular complexity index is 1300. The molecule has 0 radical (unpaired) electrons. The molecule has 0 rings (SSSR count). The van der Waals surface area contributed by atoms with Crippen molar-refractivity contribution in [2.24, 2.45) is 0 Å². The highest BCUT2D eigenvalue weighted by molar-refractivity contribution is 5.76. The van der Waals surface area contributed by atoms with Crippen LogP contribution in [0.1, 0.15) is 431 Å². The van der Waals surface area contributed by atoms with Crippen molar-refractivity contribution in [1.82, 2.24) is 5.32 Å². The van der Waals surface area contributed by atoms with Gasteiger partial charge in [0.15, 0.2) is 0 Å². The summed E-state index contributed by atoms with van der Waals surface area (Å²) >= 11 is 0. The third kappa shape index (κ3) is 69.3. The fraction of sp³-hybridized carbons (Fsp3) is 0.922. The molecule has 0 aromatic rings. The molecule has 0 bridgehead atoms. The Balaban J connectivity index is 3.35. The Morgan fingerprint density at radius 2 is 0.602 bits per heavy atom. The van der Waals surface area contributed by atoms with E-state index in [1.165, 1.54) is 353 Å². The highest BCUT2D eigenvalue weighted by Crippen LogP contribution is 2.20. The molecule has 0 fully saturated rings. The fourth-order valence-corrected chi connectivity index (χ4v) is 12.2. The molecule has 0 aromatic carbocycles. The minimum atomic E-state index is -0.662. The molecule has 0 saturated heterocycles. The largest absolute Gasteiger partial charge is 0.466 e. The van der Waals surface area contributed by atoms with Gasteiger partial charge in [0.05, 0.1) is 25.4 Å². The van der Waals surface area contributed by atoms with Crippen LogP contribution in [0.25, 0.3) is 0 Å². The Labute approximate surface area is 520 Å². The van der Waals surface area contributed by atoms with Crippen LogP contribution in [0.15, 0.2) is 24.3 Å². The van der Waals surface area contributed by atoms with Crippen molar-refractivity contribution in [2.45, 2.75) is 443 Å². The van der Waals surface area contributed by atoms with E-state index in [1.54, 1.807) is 0 Å². The molecule has 0 saturated carbocycles. The average molecular weight is 1170 g/mol. The van der Waals surface area contributed by atoms with Crippen LogP contribution in [0, 0.1) is 0 Å². The summed E-state index contributed by atoms with van der Waals surface area (Å²) in [6.45, 7) is 5.00. The maximum absolute atomic E-state index is 12.5. The van der Waals surface area contributed by atoms with E-state index >= 15 is 0 Å². The minimum absolute atomic E-state index is 0.0202. The Morgan fingerprint density at radius 1 is 0.337 bits per heavy atom. The first-order valence-electron chi connectivity index (χ1n) is 38.1. The number of hydrogen-bond donors (Lipinski definition) is 3. The van der Waals surface area contributed by atoms with E-state index in [2.05, 4.69) is 43.5 Å². The van der Waals surface area contributed by atoms with E-state index in [1.807, 2.05) is 0 Å². The summed E-state index contributed by atoms with van der Waals surface area (Å²) in [5.41, 5.74) is 0. The van der Waals surface area contributed by atoms with Crippen molar-refractivity contribution in [1.29, 1.82) is 0 Å². The Morgan fingerprint density at radius 3 is 0.916 bits per heavy atom. The fourth-order valence-electron chi connectivity index (χ4n) is 12.2. The van der Waals surface area contributed by atoms with Crippen LogP contribution < -0.4 is 5.32 Å². The van der Waals surface area contributed by atoms with Crippen LogP contribution in [-0.2, 0) is 14.3 Å². The second-order valence-corrected chi connectivity index (χ2v) is 26.3. The van der Waals surface area contributed by atoms with E-state index < -0.39 is 12.1 Å². The smallest absolute Gasteiger partial charge is 0.305 e. The number of unbranched alkanes of at least 4 members (excludes halogenated alkanes) is 57. The zero-order chi connectivity index (χ0) is 59.9. The molecular formula is C77H149NO5. The number of aliphatic hydroxyl groups is 2. The maximum atomic E-state index is 12.5. The molecule has 492 valence electrons. The normalized spacial score (nSPS) is 12.6. The molecule has 3 N–H and O–H groups in total. The number of allylic oxidation sites excluding steroid dienone is 4. The predicted octanol–water partition coefficient (Wildman–Crippen LogP) is 24.9. The van der Waals surface area contributed by atoms with Gasteiger partial charge in [-0.1, -0.05) is 385 Å². The number of rotatable bonds is 72.